The van der Waals surface area contributed by atoms with Crippen molar-refractivity contribution in [2.24, 2.45) is 0 Å². The Balaban J connectivity index is 2.18. The number of cyclic esters (lactones) is 1. The van der Waals surface area contributed by atoms with Crippen LogP contribution in [0.4, 0.5) is 0 Å². The second-order valence-electron chi connectivity index (χ2n) is 4.41. The second-order valence-corrected chi connectivity index (χ2v) is 4.41. The lowest BCUT2D eigenvalue weighted by atomic mass is 10.1. The average molecular weight is 278 g/mol. The van der Waals surface area contributed by atoms with E-state index in [2.05, 4.69) is 4.74 Å². The lowest BCUT2D eigenvalue weighted by Crippen LogP contribution is -2.24. The first-order valence-electron chi connectivity index (χ1n) is 6.11. The minimum Gasteiger partial charge on any atom is -0.465 e. The number of hydrogen-bond acceptors (Lipinski definition) is 6. The first-order valence-corrected chi connectivity index (χ1v) is 6.11. The van der Waals surface area contributed by atoms with Gasteiger partial charge in [0.2, 0.25) is 6.10 Å². The Morgan fingerprint density at radius 1 is 1.20 bits per heavy atom. The van der Waals surface area contributed by atoms with Crippen LogP contribution < -0.4 is 0 Å². The Morgan fingerprint density at radius 3 is 2.30 bits per heavy atom. The summed E-state index contributed by atoms with van der Waals surface area (Å²) in [5.41, 5.74) is 0.158. The van der Waals surface area contributed by atoms with Crippen molar-refractivity contribution in [2.75, 3.05) is 7.11 Å². The Morgan fingerprint density at radius 2 is 1.80 bits per heavy atom. The molecule has 0 bridgehead atoms. The van der Waals surface area contributed by atoms with E-state index in [0.29, 0.717) is 6.42 Å². The highest BCUT2D eigenvalue weighted by atomic mass is 16.6. The van der Waals surface area contributed by atoms with Crippen LogP contribution in [0, 0.1) is 0 Å². The largest absolute Gasteiger partial charge is 0.465 e. The first-order chi connectivity index (χ1) is 9.52. The summed E-state index contributed by atoms with van der Waals surface area (Å²) in [4.78, 5) is 35.1. The molecule has 2 rings (SSSR count). The monoisotopic (exact) mass is 278 g/mol. The molecule has 0 radical (unpaired) electrons. The van der Waals surface area contributed by atoms with E-state index in [-0.39, 0.29) is 17.2 Å². The molecule has 0 spiro atoms. The minimum absolute atomic E-state index is 0.0618. The van der Waals surface area contributed by atoms with Gasteiger partial charge in [-0.2, -0.15) is 0 Å². The molecule has 1 heterocycles. The van der Waals surface area contributed by atoms with Gasteiger partial charge >= 0.3 is 17.9 Å². The van der Waals surface area contributed by atoms with Gasteiger partial charge in [-0.05, 0) is 19.1 Å². The molecular weight excluding hydrogens is 264 g/mol. The van der Waals surface area contributed by atoms with Crippen LogP contribution in [0.1, 0.15) is 34.1 Å². The van der Waals surface area contributed by atoms with Crippen LogP contribution in [0.5, 0.6) is 0 Å². The van der Waals surface area contributed by atoms with Crippen molar-refractivity contribution >= 4 is 17.9 Å². The van der Waals surface area contributed by atoms with Gasteiger partial charge in [0.1, 0.15) is 6.10 Å². The maximum atomic E-state index is 12.1. The zero-order valence-corrected chi connectivity index (χ0v) is 11.1. The summed E-state index contributed by atoms with van der Waals surface area (Å²) in [7, 11) is 1.22. The number of methoxy groups -OCH3 is 1. The van der Waals surface area contributed by atoms with E-state index >= 15 is 0 Å². The van der Waals surface area contributed by atoms with E-state index in [9.17, 15) is 14.4 Å². The van der Waals surface area contributed by atoms with Gasteiger partial charge < -0.3 is 14.2 Å². The molecule has 1 aliphatic rings. The summed E-state index contributed by atoms with van der Waals surface area (Å²) in [5.74, 6) is -1.96. The summed E-state index contributed by atoms with van der Waals surface area (Å²) < 4.78 is 14.6. The fourth-order valence-corrected chi connectivity index (χ4v) is 1.96. The smallest absolute Gasteiger partial charge is 0.347 e. The van der Waals surface area contributed by atoms with Crippen molar-refractivity contribution in [3.63, 3.8) is 0 Å². The Labute approximate surface area is 115 Å². The molecule has 0 aliphatic carbocycles. The maximum absolute atomic E-state index is 12.1. The van der Waals surface area contributed by atoms with E-state index in [4.69, 9.17) is 9.47 Å². The number of esters is 3. The molecule has 1 saturated heterocycles. The van der Waals surface area contributed by atoms with Crippen LogP contribution in [0.15, 0.2) is 24.3 Å². The maximum Gasteiger partial charge on any atom is 0.347 e. The topological polar surface area (TPSA) is 78.9 Å². The Bertz CT molecular complexity index is 550. The van der Waals surface area contributed by atoms with Gasteiger partial charge in [0, 0.05) is 6.42 Å². The Kier molecular flexibility index (Phi) is 4.02. The predicted molar refractivity (Wildman–Crippen MR) is 67.2 cm³/mol. The zero-order chi connectivity index (χ0) is 14.7. The minimum atomic E-state index is -0.928. The number of ether oxygens (including phenoxy) is 3. The molecule has 1 aromatic carbocycles. The van der Waals surface area contributed by atoms with Crippen LogP contribution in [-0.2, 0) is 19.0 Å². The van der Waals surface area contributed by atoms with Crippen LogP contribution in [0.25, 0.3) is 0 Å². The predicted octanol–water partition coefficient (Wildman–Crippen LogP) is 1.33. The normalized spacial score (nSPS) is 21.2. The Hall–Kier alpha value is -2.37. The van der Waals surface area contributed by atoms with Gasteiger partial charge in [-0.3, -0.25) is 0 Å². The molecule has 1 aliphatic heterocycles. The second kappa shape index (κ2) is 5.73. The van der Waals surface area contributed by atoms with E-state index in [1.54, 1.807) is 19.1 Å². The molecule has 6 nitrogen and oxygen atoms in total. The molecule has 0 aromatic heterocycles. The highest BCUT2D eigenvalue weighted by molar-refractivity contribution is 6.03. The van der Waals surface area contributed by atoms with E-state index in [1.807, 2.05) is 0 Å². The van der Waals surface area contributed by atoms with E-state index < -0.39 is 24.0 Å². The number of rotatable bonds is 3. The fraction of sp³-hybridized carbons (Fsp3) is 0.357. The molecule has 106 valence electrons. The molecule has 0 N–H and O–H groups in total. The number of carbonyl (C=O) groups excluding carboxylic acids is 3. The van der Waals surface area contributed by atoms with Crippen molar-refractivity contribution in [3.05, 3.63) is 35.4 Å². The highest BCUT2D eigenvalue weighted by Crippen LogP contribution is 2.20. The molecule has 0 saturated carbocycles. The van der Waals surface area contributed by atoms with Crippen LogP contribution in [0.3, 0.4) is 0 Å². The lowest BCUT2D eigenvalue weighted by molar-refractivity contribution is -0.147. The summed E-state index contributed by atoms with van der Waals surface area (Å²) in [6, 6.07) is 6.10. The van der Waals surface area contributed by atoms with Crippen molar-refractivity contribution in [1.82, 2.24) is 0 Å². The molecule has 0 amide bonds. The molecule has 20 heavy (non-hydrogen) atoms. The zero-order valence-electron chi connectivity index (χ0n) is 11.1. The first kappa shape index (κ1) is 14.0. The van der Waals surface area contributed by atoms with Crippen molar-refractivity contribution in [3.8, 4) is 0 Å². The van der Waals surface area contributed by atoms with Gasteiger partial charge in [0.15, 0.2) is 0 Å². The fourth-order valence-electron chi connectivity index (χ4n) is 1.96. The third-order valence-electron chi connectivity index (χ3n) is 2.93. The summed E-state index contributed by atoms with van der Waals surface area (Å²) in [6.45, 7) is 1.72. The van der Waals surface area contributed by atoms with Crippen LogP contribution >= 0.6 is 0 Å². The summed E-state index contributed by atoms with van der Waals surface area (Å²) in [6.07, 6.45) is -0.898. The summed E-state index contributed by atoms with van der Waals surface area (Å²) >= 11 is 0. The SMILES string of the molecule is COC(=O)c1ccccc1C(=O)OC1CC(C)OC1=O. The molecule has 6 heteroatoms. The van der Waals surface area contributed by atoms with Crippen LogP contribution in [0.2, 0.25) is 0 Å². The van der Waals surface area contributed by atoms with Gasteiger partial charge in [0.25, 0.3) is 0 Å². The molecule has 1 fully saturated rings. The number of benzene rings is 1. The van der Waals surface area contributed by atoms with Crippen molar-refractivity contribution < 1.29 is 28.6 Å². The quantitative estimate of drug-likeness (QED) is 0.613. The summed E-state index contributed by atoms with van der Waals surface area (Å²) in [5, 5.41) is 0. The molecule has 1 aromatic rings. The van der Waals surface area contributed by atoms with Crippen molar-refractivity contribution in [2.45, 2.75) is 25.6 Å². The van der Waals surface area contributed by atoms with Crippen molar-refractivity contribution in [1.29, 1.82) is 0 Å². The van der Waals surface area contributed by atoms with E-state index in [0.717, 1.165) is 0 Å². The average Bonchev–Trinajstić information content (AvgIpc) is 2.76. The molecule has 2 atom stereocenters. The third-order valence-corrected chi connectivity index (χ3v) is 2.93. The molecular formula is C14H14O6. The third kappa shape index (κ3) is 2.79. The molecule has 2 unspecified atom stereocenters. The van der Waals surface area contributed by atoms with Gasteiger partial charge in [-0.25, -0.2) is 14.4 Å². The number of carbonyl (C=O) groups is 3. The van der Waals surface area contributed by atoms with Gasteiger partial charge in [-0.1, -0.05) is 12.1 Å². The van der Waals surface area contributed by atoms with Gasteiger partial charge in [0.05, 0.1) is 18.2 Å². The lowest BCUT2D eigenvalue weighted by Gasteiger charge is -2.10. The number of hydrogen-bond donors (Lipinski definition) is 0. The van der Waals surface area contributed by atoms with E-state index in [1.165, 1.54) is 19.2 Å². The highest BCUT2D eigenvalue weighted by Gasteiger charge is 2.35. The standard InChI is InChI=1S/C14H14O6/c1-8-7-11(14(17)19-8)20-13(16)10-6-4-3-5-9(10)12(15)18-2/h3-6,8,11H,7H2,1-2H3. The van der Waals surface area contributed by atoms with Crippen LogP contribution in [-0.4, -0.2) is 37.2 Å². The van der Waals surface area contributed by atoms with Gasteiger partial charge in [-0.15, -0.1) is 0 Å².